The number of nitro groups is 1. The average molecular weight is 437 g/mol. The maximum absolute atomic E-state index is 12.2. The molecule has 9 nitrogen and oxygen atoms in total. The number of fused-ring (bicyclic) bond motifs is 1. The van der Waals surface area contributed by atoms with Crippen LogP contribution in [0.1, 0.15) is 6.42 Å². The molecule has 158 valence electrons. The Morgan fingerprint density at radius 1 is 1.16 bits per heavy atom. The predicted octanol–water partition coefficient (Wildman–Crippen LogP) is 4.13. The average Bonchev–Trinajstić information content (AvgIpc) is 3.31. The number of non-ortho nitro benzene ring substituents is 1. The number of aryl methyl sites for hydroxylation is 1. The van der Waals surface area contributed by atoms with Gasteiger partial charge >= 0.3 is 5.76 Å². The normalized spacial score (nSPS) is 11.1. The van der Waals surface area contributed by atoms with Crippen LogP contribution in [-0.4, -0.2) is 30.0 Å². The van der Waals surface area contributed by atoms with Gasteiger partial charge in [0.15, 0.2) is 16.6 Å². The summed E-state index contributed by atoms with van der Waals surface area (Å²) in [5.74, 6) is 0.923. The van der Waals surface area contributed by atoms with Gasteiger partial charge in [0.25, 0.3) is 5.69 Å². The van der Waals surface area contributed by atoms with Gasteiger partial charge in [-0.25, -0.2) is 4.79 Å². The van der Waals surface area contributed by atoms with Crippen molar-refractivity contribution in [1.29, 1.82) is 0 Å². The van der Waals surface area contributed by atoms with Crippen LogP contribution in [0.25, 0.3) is 22.5 Å². The third kappa shape index (κ3) is 4.29. The van der Waals surface area contributed by atoms with E-state index in [1.165, 1.54) is 34.5 Å². The summed E-state index contributed by atoms with van der Waals surface area (Å²) in [6, 6.07) is 13.9. The fourth-order valence-electron chi connectivity index (χ4n) is 3.25. The van der Waals surface area contributed by atoms with Crippen LogP contribution in [0.2, 0.25) is 0 Å². The minimum Gasteiger partial charge on any atom is -0.408 e. The molecule has 31 heavy (non-hydrogen) atoms. The third-order valence-electron chi connectivity index (χ3n) is 4.68. The molecule has 4 aromatic rings. The van der Waals surface area contributed by atoms with Crippen molar-refractivity contribution in [3.8, 4) is 11.4 Å². The number of oxazole rings is 1. The van der Waals surface area contributed by atoms with Gasteiger partial charge in [0.05, 0.1) is 10.4 Å². The van der Waals surface area contributed by atoms with E-state index in [-0.39, 0.29) is 5.69 Å². The lowest BCUT2D eigenvalue weighted by Crippen LogP contribution is -2.14. The van der Waals surface area contributed by atoms with Crippen molar-refractivity contribution >= 4 is 28.5 Å². The van der Waals surface area contributed by atoms with Crippen LogP contribution >= 0.6 is 11.8 Å². The summed E-state index contributed by atoms with van der Waals surface area (Å²) in [4.78, 5) is 22.7. The summed E-state index contributed by atoms with van der Waals surface area (Å²) in [5.41, 5.74) is 1.65. The van der Waals surface area contributed by atoms with Gasteiger partial charge in [-0.2, -0.15) is 0 Å². The number of rotatable bonds is 9. The SMILES string of the molecule is C=CCn1c(SCCCn2c(=O)oc3ccc([N+](=O)[O-])cc32)nnc1-c1ccccc1. The summed E-state index contributed by atoms with van der Waals surface area (Å²) in [7, 11) is 0. The number of nitrogens with zero attached hydrogens (tertiary/aromatic N) is 5. The quantitative estimate of drug-likeness (QED) is 0.127. The van der Waals surface area contributed by atoms with Crippen LogP contribution in [0.5, 0.6) is 0 Å². The lowest BCUT2D eigenvalue weighted by molar-refractivity contribution is -0.384. The first-order chi connectivity index (χ1) is 15.1. The Morgan fingerprint density at radius 3 is 2.71 bits per heavy atom. The van der Waals surface area contributed by atoms with Crippen LogP contribution in [-0.2, 0) is 13.1 Å². The molecule has 0 fully saturated rings. The fourth-order valence-corrected chi connectivity index (χ4v) is 4.12. The summed E-state index contributed by atoms with van der Waals surface area (Å²) in [5, 5.41) is 20.4. The fraction of sp³-hybridized carbons (Fsp3) is 0.190. The minimum atomic E-state index is -0.526. The first kappa shape index (κ1) is 20.6. The number of benzene rings is 2. The highest BCUT2D eigenvalue weighted by Gasteiger charge is 2.15. The molecule has 10 heteroatoms. The predicted molar refractivity (Wildman–Crippen MR) is 118 cm³/mol. The Kier molecular flexibility index (Phi) is 5.99. The molecule has 0 N–H and O–H groups in total. The van der Waals surface area contributed by atoms with Crippen molar-refractivity contribution in [2.75, 3.05) is 5.75 Å². The second-order valence-electron chi connectivity index (χ2n) is 6.70. The van der Waals surface area contributed by atoms with Crippen LogP contribution in [0.4, 0.5) is 5.69 Å². The molecule has 0 amide bonds. The molecule has 2 aromatic heterocycles. The molecular weight excluding hydrogens is 418 g/mol. The smallest absolute Gasteiger partial charge is 0.408 e. The van der Waals surface area contributed by atoms with E-state index in [1.807, 2.05) is 34.9 Å². The topological polar surface area (TPSA) is 109 Å². The lowest BCUT2D eigenvalue weighted by atomic mass is 10.2. The van der Waals surface area contributed by atoms with Crippen molar-refractivity contribution in [3.05, 3.63) is 81.9 Å². The van der Waals surface area contributed by atoms with E-state index in [2.05, 4.69) is 16.8 Å². The molecule has 0 spiro atoms. The Balaban J connectivity index is 1.47. The molecule has 0 atom stereocenters. The van der Waals surface area contributed by atoms with Crippen LogP contribution in [0.15, 0.2) is 75.6 Å². The molecule has 0 aliphatic rings. The van der Waals surface area contributed by atoms with Crippen molar-refractivity contribution in [2.24, 2.45) is 0 Å². The van der Waals surface area contributed by atoms with E-state index in [9.17, 15) is 14.9 Å². The van der Waals surface area contributed by atoms with Gasteiger partial charge in [0.1, 0.15) is 0 Å². The van der Waals surface area contributed by atoms with E-state index >= 15 is 0 Å². The standard InChI is InChI=1S/C21H19N5O4S/c1-2-11-25-19(15-7-4-3-5-8-15)22-23-20(25)31-13-6-12-24-17-14-16(26(28)29)9-10-18(17)30-21(24)27/h2-5,7-10,14H,1,6,11-13H2. The monoisotopic (exact) mass is 437 g/mol. The van der Waals surface area contributed by atoms with Crippen molar-refractivity contribution < 1.29 is 9.34 Å². The van der Waals surface area contributed by atoms with Crippen LogP contribution in [0, 0.1) is 10.1 Å². The van der Waals surface area contributed by atoms with Crippen LogP contribution in [0.3, 0.4) is 0 Å². The Hall–Kier alpha value is -3.66. The zero-order valence-electron chi connectivity index (χ0n) is 16.5. The Labute approximate surface area is 181 Å². The first-order valence-corrected chi connectivity index (χ1v) is 10.6. The second-order valence-corrected chi connectivity index (χ2v) is 7.76. The molecule has 0 saturated heterocycles. The van der Waals surface area contributed by atoms with Gasteiger partial charge in [0, 0.05) is 36.5 Å². The second kappa shape index (κ2) is 9.00. The first-order valence-electron chi connectivity index (χ1n) is 9.58. The van der Waals surface area contributed by atoms with Gasteiger partial charge in [-0.15, -0.1) is 16.8 Å². The molecular formula is C21H19N5O4S. The number of aromatic nitrogens is 4. The summed E-state index contributed by atoms with van der Waals surface area (Å²) < 4.78 is 8.61. The molecule has 0 aliphatic heterocycles. The highest BCUT2D eigenvalue weighted by atomic mass is 32.2. The van der Waals surface area contributed by atoms with E-state index in [0.29, 0.717) is 36.4 Å². The lowest BCUT2D eigenvalue weighted by Gasteiger charge is -2.08. The van der Waals surface area contributed by atoms with Gasteiger partial charge in [-0.3, -0.25) is 19.2 Å². The van der Waals surface area contributed by atoms with Gasteiger partial charge < -0.3 is 4.42 Å². The molecule has 0 bridgehead atoms. The number of thioether (sulfide) groups is 1. The van der Waals surface area contributed by atoms with Crippen molar-refractivity contribution in [1.82, 2.24) is 19.3 Å². The van der Waals surface area contributed by atoms with Crippen LogP contribution < -0.4 is 5.76 Å². The zero-order chi connectivity index (χ0) is 21.8. The summed E-state index contributed by atoms with van der Waals surface area (Å²) in [6.07, 6.45) is 2.44. The zero-order valence-corrected chi connectivity index (χ0v) is 17.3. The minimum absolute atomic E-state index is 0.0811. The summed E-state index contributed by atoms with van der Waals surface area (Å²) in [6.45, 7) is 4.77. The maximum atomic E-state index is 12.2. The van der Waals surface area contributed by atoms with Crippen molar-refractivity contribution in [3.63, 3.8) is 0 Å². The molecule has 0 unspecified atom stereocenters. The molecule has 4 rings (SSSR count). The highest BCUT2D eigenvalue weighted by molar-refractivity contribution is 7.99. The molecule has 0 radical (unpaired) electrons. The van der Waals surface area contributed by atoms with E-state index in [4.69, 9.17) is 4.42 Å². The van der Waals surface area contributed by atoms with E-state index < -0.39 is 10.7 Å². The van der Waals surface area contributed by atoms with Gasteiger partial charge in [0.2, 0.25) is 0 Å². The van der Waals surface area contributed by atoms with Gasteiger partial charge in [-0.1, -0.05) is 48.2 Å². The number of nitro benzene ring substituents is 1. The van der Waals surface area contributed by atoms with Gasteiger partial charge in [-0.05, 0) is 12.5 Å². The maximum Gasteiger partial charge on any atom is 0.419 e. The van der Waals surface area contributed by atoms with E-state index in [1.54, 1.807) is 6.08 Å². The largest absolute Gasteiger partial charge is 0.419 e. The third-order valence-corrected chi connectivity index (χ3v) is 5.73. The number of hydrogen-bond donors (Lipinski definition) is 0. The molecule has 0 saturated carbocycles. The van der Waals surface area contributed by atoms with Crippen molar-refractivity contribution in [2.45, 2.75) is 24.7 Å². The summed E-state index contributed by atoms with van der Waals surface area (Å²) >= 11 is 1.53. The molecule has 2 heterocycles. The number of allylic oxidation sites excluding steroid dienone is 1. The molecule has 2 aromatic carbocycles. The Bertz CT molecular complexity index is 1290. The highest BCUT2D eigenvalue weighted by Crippen LogP contribution is 2.25. The van der Waals surface area contributed by atoms with E-state index in [0.717, 1.165) is 16.5 Å². The Morgan fingerprint density at radius 2 is 1.97 bits per heavy atom. The number of hydrogen-bond acceptors (Lipinski definition) is 7. The molecule has 0 aliphatic carbocycles.